The highest BCUT2D eigenvalue weighted by Gasteiger charge is 2.25. The summed E-state index contributed by atoms with van der Waals surface area (Å²) >= 11 is 7.94. The SMILES string of the molecule is CC(C)(C)OC(=O)N1CCc2ccc(Cl)c(/N=C/c3cncs3)c2CC1. The quantitative estimate of drug-likeness (QED) is 0.685. The van der Waals surface area contributed by atoms with Gasteiger partial charge in [0.2, 0.25) is 0 Å². The molecule has 0 bridgehead atoms. The minimum atomic E-state index is -0.496. The van der Waals surface area contributed by atoms with E-state index < -0.39 is 5.60 Å². The Balaban J connectivity index is 1.81. The summed E-state index contributed by atoms with van der Waals surface area (Å²) in [6.45, 7) is 6.85. The first kappa shape index (κ1) is 18.9. The summed E-state index contributed by atoms with van der Waals surface area (Å²) in [5.41, 5.74) is 4.33. The first-order valence-corrected chi connectivity index (χ1v) is 9.80. The van der Waals surface area contributed by atoms with Crippen molar-refractivity contribution in [3.05, 3.63) is 44.9 Å². The predicted molar refractivity (Wildman–Crippen MR) is 106 cm³/mol. The Morgan fingerprint density at radius 3 is 2.81 bits per heavy atom. The molecule has 0 saturated carbocycles. The van der Waals surface area contributed by atoms with Gasteiger partial charge in [0.25, 0.3) is 0 Å². The number of ether oxygens (including phenoxy) is 1. The van der Waals surface area contributed by atoms with E-state index in [1.807, 2.05) is 32.9 Å². The van der Waals surface area contributed by atoms with E-state index in [2.05, 4.69) is 9.98 Å². The molecule has 0 atom stereocenters. The molecular formula is C19H22ClN3O2S. The van der Waals surface area contributed by atoms with Crippen LogP contribution in [-0.2, 0) is 17.6 Å². The zero-order valence-corrected chi connectivity index (χ0v) is 16.7. The maximum atomic E-state index is 12.4. The molecule has 0 saturated heterocycles. The van der Waals surface area contributed by atoms with Crippen LogP contribution in [0.1, 0.15) is 36.8 Å². The fourth-order valence-corrected chi connectivity index (χ4v) is 3.55. The van der Waals surface area contributed by atoms with Gasteiger partial charge in [-0.1, -0.05) is 17.7 Å². The van der Waals surface area contributed by atoms with Crippen molar-refractivity contribution in [3.63, 3.8) is 0 Å². The maximum Gasteiger partial charge on any atom is 0.410 e. The van der Waals surface area contributed by atoms with Crippen LogP contribution in [0.5, 0.6) is 0 Å². The predicted octanol–water partition coefficient (Wildman–Crippen LogP) is 4.88. The Bertz CT molecular complexity index is 813. The minimum absolute atomic E-state index is 0.272. The summed E-state index contributed by atoms with van der Waals surface area (Å²) in [5, 5.41) is 0.621. The van der Waals surface area contributed by atoms with Crippen LogP contribution in [-0.4, -0.2) is 40.9 Å². The molecule has 5 nitrogen and oxygen atoms in total. The highest BCUT2D eigenvalue weighted by Crippen LogP contribution is 2.34. The molecule has 26 heavy (non-hydrogen) atoms. The fourth-order valence-electron chi connectivity index (χ4n) is 2.84. The zero-order chi connectivity index (χ0) is 18.7. The highest BCUT2D eigenvalue weighted by molar-refractivity contribution is 7.11. The van der Waals surface area contributed by atoms with Crippen LogP contribution >= 0.6 is 22.9 Å². The molecule has 1 aromatic heterocycles. The van der Waals surface area contributed by atoms with E-state index in [0.717, 1.165) is 22.5 Å². The molecule has 3 rings (SSSR count). The van der Waals surface area contributed by atoms with Gasteiger partial charge in [0.1, 0.15) is 5.60 Å². The number of benzene rings is 1. The zero-order valence-electron chi connectivity index (χ0n) is 15.2. The van der Waals surface area contributed by atoms with Gasteiger partial charge in [-0.05, 0) is 50.8 Å². The summed E-state index contributed by atoms with van der Waals surface area (Å²) in [7, 11) is 0. The second-order valence-electron chi connectivity index (χ2n) is 7.16. The van der Waals surface area contributed by atoms with Gasteiger partial charge < -0.3 is 9.64 Å². The Morgan fingerprint density at radius 2 is 2.12 bits per heavy atom. The maximum absolute atomic E-state index is 12.4. The number of rotatable bonds is 2. The van der Waals surface area contributed by atoms with Crippen molar-refractivity contribution >= 4 is 40.9 Å². The number of nitrogens with zero attached hydrogens (tertiary/aromatic N) is 3. The molecule has 0 fully saturated rings. The Kier molecular flexibility index (Phi) is 5.63. The van der Waals surface area contributed by atoms with Crippen molar-refractivity contribution in [1.29, 1.82) is 0 Å². The molecule has 138 valence electrons. The first-order valence-electron chi connectivity index (χ1n) is 8.54. The van der Waals surface area contributed by atoms with Crippen LogP contribution in [0.15, 0.2) is 28.8 Å². The molecule has 1 aliphatic heterocycles. The lowest BCUT2D eigenvalue weighted by molar-refractivity contribution is 0.0258. The highest BCUT2D eigenvalue weighted by atomic mass is 35.5. The van der Waals surface area contributed by atoms with Crippen molar-refractivity contribution < 1.29 is 9.53 Å². The molecule has 2 heterocycles. The van der Waals surface area contributed by atoms with Gasteiger partial charge in [-0.3, -0.25) is 9.98 Å². The van der Waals surface area contributed by atoms with Crippen molar-refractivity contribution in [2.45, 2.75) is 39.2 Å². The van der Waals surface area contributed by atoms with Crippen molar-refractivity contribution in [2.24, 2.45) is 4.99 Å². The summed E-state index contributed by atoms with van der Waals surface area (Å²) < 4.78 is 5.51. The smallest absolute Gasteiger partial charge is 0.410 e. The van der Waals surface area contributed by atoms with Gasteiger partial charge in [-0.2, -0.15) is 0 Å². The number of aromatic nitrogens is 1. The number of hydrogen-bond donors (Lipinski definition) is 0. The third-order valence-electron chi connectivity index (χ3n) is 4.04. The molecule has 0 radical (unpaired) electrons. The molecule has 7 heteroatoms. The number of hydrogen-bond acceptors (Lipinski definition) is 5. The van der Waals surface area contributed by atoms with Crippen molar-refractivity contribution in [1.82, 2.24) is 9.88 Å². The van der Waals surface area contributed by atoms with E-state index in [0.29, 0.717) is 24.5 Å². The number of aliphatic imine (C=N–C) groups is 1. The van der Waals surface area contributed by atoms with Crippen LogP contribution in [0.25, 0.3) is 0 Å². The fraction of sp³-hybridized carbons (Fsp3) is 0.421. The monoisotopic (exact) mass is 391 g/mol. The van der Waals surface area contributed by atoms with Gasteiger partial charge in [0.15, 0.2) is 0 Å². The number of amides is 1. The molecule has 0 aliphatic carbocycles. The van der Waals surface area contributed by atoms with Crippen molar-refractivity contribution in [3.8, 4) is 0 Å². The molecular weight excluding hydrogens is 370 g/mol. The largest absolute Gasteiger partial charge is 0.444 e. The first-order chi connectivity index (χ1) is 12.3. The standard InChI is InChI=1S/C19H22ClN3O2S/c1-19(2,3)25-18(24)23-8-6-13-4-5-16(20)17(15(13)7-9-23)22-11-14-10-21-12-26-14/h4-5,10-12H,6-9H2,1-3H3/b22-11+. The number of fused-ring (bicyclic) bond motifs is 1. The number of thiazole rings is 1. The topological polar surface area (TPSA) is 54.8 Å². The van der Waals surface area contributed by atoms with E-state index in [1.165, 1.54) is 16.9 Å². The lowest BCUT2D eigenvalue weighted by Crippen LogP contribution is -2.38. The normalized spacial score (nSPS) is 15.0. The second kappa shape index (κ2) is 7.76. The van der Waals surface area contributed by atoms with Gasteiger partial charge in [0.05, 0.1) is 21.1 Å². The molecule has 1 amide bonds. The average Bonchev–Trinajstić information content (AvgIpc) is 2.97. The molecule has 1 aliphatic rings. The minimum Gasteiger partial charge on any atom is -0.444 e. The molecule has 1 aromatic carbocycles. The summed E-state index contributed by atoms with van der Waals surface area (Å²) in [5.74, 6) is 0. The molecule has 0 N–H and O–H groups in total. The van der Waals surface area contributed by atoms with E-state index >= 15 is 0 Å². The van der Waals surface area contributed by atoms with Gasteiger partial charge in [0, 0.05) is 25.5 Å². The summed E-state index contributed by atoms with van der Waals surface area (Å²) in [6.07, 6.45) is 4.74. The number of halogens is 1. The van der Waals surface area contributed by atoms with E-state index in [9.17, 15) is 4.79 Å². The third-order valence-corrected chi connectivity index (χ3v) is 5.05. The second-order valence-corrected chi connectivity index (χ2v) is 8.49. The Labute approximate surface area is 162 Å². The van der Waals surface area contributed by atoms with Crippen LogP contribution in [0, 0.1) is 0 Å². The Morgan fingerprint density at radius 1 is 1.35 bits per heavy atom. The molecule has 2 aromatic rings. The lowest BCUT2D eigenvalue weighted by atomic mass is 10.0. The number of carbonyl (C=O) groups is 1. The Hall–Kier alpha value is -1.92. The van der Waals surface area contributed by atoms with Crippen LogP contribution < -0.4 is 0 Å². The van der Waals surface area contributed by atoms with Gasteiger partial charge >= 0.3 is 6.09 Å². The molecule has 0 spiro atoms. The number of carbonyl (C=O) groups excluding carboxylic acids is 1. The van der Waals surface area contributed by atoms with E-state index in [1.54, 1.807) is 22.8 Å². The molecule has 0 unspecified atom stereocenters. The van der Waals surface area contributed by atoms with Crippen molar-refractivity contribution in [2.75, 3.05) is 13.1 Å². The third kappa shape index (κ3) is 4.62. The van der Waals surface area contributed by atoms with Crippen LogP contribution in [0.2, 0.25) is 5.02 Å². The van der Waals surface area contributed by atoms with E-state index in [4.69, 9.17) is 16.3 Å². The summed E-state index contributed by atoms with van der Waals surface area (Å²) in [6, 6.07) is 3.91. The van der Waals surface area contributed by atoms with E-state index in [-0.39, 0.29) is 6.09 Å². The van der Waals surface area contributed by atoms with Crippen LogP contribution in [0.3, 0.4) is 0 Å². The lowest BCUT2D eigenvalue weighted by Gasteiger charge is -2.26. The van der Waals surface area contributed by atoms with Gasteiger partial charge in [-0.15, -0.1) is 11.3 Å². The average molecular weight is 392 g/mol. The summed E-state index contributed by atoms with van der Waals surface area (Å²) in [4.78, 5) is 23.8. The van der Waals surface area contributed by atoms with Crippen LogP contribution in [0.4, 0.5) is 10.5 Å². The van der Waals surface area contributed by atoms with Gasteiger partial charge in [-0.25, -0.2) is 4.79 Å².